The molecule has 0 amide bonds. The largest absolute Gasteiger partial charge is 0.464 e. The molecule has 9 nitrogen and oxygen atoms in total. The van der Waals surface area contributed by atoms with Crippen LogP contribution in [0.4, 0.5) is 5.82 Å². The number of anilines is 1. The molecule has 2 aliphatic rings. The summed E-state index contributed by atoms with van der Waals surface area (Å²) in [5.41, 5.74) is 3.93. The second-order valence-electron chi connectivity index (χ2n) is 15.2. The number of rotatable bonds is 14. The maximum atomic E-state index is 12.0. The van der Waals surface area contributed by atoms with Crippen LogP contribution in [0.15, 0.2) is 30.6 Å². The lowest BCUT2D eigenvalue weighted by atomic mass is 9.79. The van der Waals surface area contributed by atoms with E-state index in [1.165, 1.54) is 39.2 Å². The van der Waals surface area contributed by atoms with Crippen molar-refractivity contribution in [3.05, 3.63) is 42.0 Å². The van der Waals surface area contributed by atoms with E-state index in [4.69, 9.17) is 24.3 Å². The summed E-state index contributed by atoms with van der Waals surface area (Å²) in [6.07, 6.45) is 9.99. The molecular weight excluding hydrogens is 587 g/mol. The third-order valence-electron chi connectivity index (χ3n) is 9.06. The molecule has 0 aliphatic heterocycles. The quantitative estimate of drug-likeness (QED) is 0.0787. The van der Waals surface area contributed by atoms with Gasteiger partial charge in [-0.25, -0.2) is 14.8 Å². The van der Waals surface area contributed by atoms with Crippen LogP contribution in [-0.4, -0.2) is 75.5 Å². The van der Waals surface area contributed by atoms with E-state index >= 15 is 0 Å². The first-order chi connectivity index (χ1) is 20.9. The van der Waals surface area contributed by atoms with Gasteiger partial charge >= 0.3 is 5.97 Å². The lowest BCUT2D eigenvalue weighted by molar-refractivity contribution is 0.0594. The van der Waals surface area contributed by atoms with Gasteiger partial charge in [-0.1, -0.05) is 58.2 Å². The molecule has 0 N–H and O–H groups in total. The zero-order chi connectivity index (χ0) is 31.5. The van der Waals surface area contributed by atoms with Gasteiger partial charge in [-0.3, -0.25) is 0 Å². The van der Waals surface area contributed by atoms with Crippen LogP contribution in [0.1, 0.15) is 54.2 Å². The summed E-state index contributed by atoms with van der Waals surface area (Å²) in [7, 11) is -1.08. The molecule has 0 saturated heterocycles. The number of fused-ring (bicyclic) bond motifs is 3. The molecule has 2 fully saturated rings. The molecule has 1 unspecified atom stereocenters. The van der Waals surface area contributed by atoms with Crippen molar-refractivity contribution in [1.29, 1.82) is 0 Å². The highest BCUT2D eigenvalue weighted by atomic mass is 28.3. The number of pyridine rings is 1. The van der Waals surface area contributed by atoms with E-state index in [1.54, 1.807) is 12.3 Å². The van der Waals surface area contributed by atoms with E-state index in [-0.39, 0.29) is 5.69 Å². The molecule has 11 heteroatoms. The number of nitrogens with zero attached hydrogens (tertiary/aromatic N) is 5. The molecule has 5 rings (SSSR count). The van der Waals surface area contributed by atoms with Crippen molar-refractivity contribution in [3.8, 4) is 11.1 Å². The summed E-state index contributed by atoms with van der Waals surface area (Å²) in [6, 6.07) is 8.04. The van der Waals surface area contributed by atoms with Gasteiger partial charge in [-0.05, 0) is 49.3 Å². The molecule has 240 valence electrons. The van der Waals surface area contributed by atoms with Crippen molar-refractivity contribution < 1.29 is 19.0 Å². The Morgan fingerprint density at radius 1 is 0.932 bits per heavy atom. The Morgan fingerprint density at radius 2 is 1.57 bits per heavy atom. The number of esters is 1. The fourth-order valence-corrected chi connectivity index (χ4v) is 7.92. The average Bonchev–Trinajstić information content (AvgIpc) is 3.56. The fraction of sp³-hybridized carbons (Fsp3) is 0.636. The first kappa shape index (κ1) is 32.8. The Labute approximate surface area is 264 Å². The minimum Gasteiger partial charge on any atom is -0.464 e. The topological polar surface area (TPSA) is 91.1 Å². The van der Waals surface area contributed by atoms with Gasteiger partial charge in [0, 0.05) is 64.4 Å². The molecule has 0 radical (unpaired) electrons. The van der Waals surface area contributed by atoms with E-state index in [0.717, 1.165) is 65.4 Å². The molecule has 3 heterocycles. The number of methoxy groups -OCH3 is 1. The fourth-order valence-electron chi connectivity index (χ4n) is 6.41. The van der Waals surface area contributed by atoms with Gasteiger partial charge in [0.05, 0.1) is 13.3 Å². The Bertz CT molecular complexity index is 1380. The second-order valence-corrected chi connectivity index (χ2v) is 26.4. The normalized spacial score (nSPS) is 20.3. The van der Waals surface area contributed by atoms with Crippen molar-refractivity contribution in [2.24, 2.45) is 11.8 Å². The predicted molar refractivity (Wildman–Crippen MR) is 181 cm³/mol. The lowest BCUT2D eigenvalue weighted by Gasteiger charge is -2.30. The maximum Gasteiger partial charge on any atom is 0.356 e. The Balaban J connectivity index is 1.51. The van der Waals surface area contributed by atoms with Crippen LogP contribution in [0.3, 0.4) is 0 Å². The molecule has 2 bridgehead atoms. The molecule has 3 aromatic rings. The molecule has 0 spiro atoms. The number of carbonyl (C=O) groups is 1. The average molecular weight is 638 g/mol. The molecule has 3 aromatic heterocycles. The van der Waals surface area contributed by atoms with E-state index in [1.807, 2.05) is 16.8 Å². The van der Waals surface area contributed by atoms with Gasteiger partial charge in [0.1, 0.15) is 25.0 Å². The van der Waals surface area contributed by atoms with E-state index in [9.17, 15) is 4.79 Å². The van der Waals surface area contributed by atoms with Gasteiger partial charge in [0.15, 0.2) is 5.65 Å². The monoisotopic (exact) mass is 637 g/mol. The highest BCUT2D eigenvalue weighted by Crippen LogP contribution is 2.48. The highest BCUT2D eigenvalue weighted by molar-refractivity contribution is 6.76. The first-order valence-electron chi connectivity index (χ1n) is 16.2. The van der Waals surface area contributed by atoms with Gasteiger partial charge in [-0.2, -0.15) is 9.61 Å². The number of ether oxygens (including phenoxy) is 3. The van der Waals surface area contributed by atoms with Crippen LogP contribution in [0, 0.1) is 11.8 Å². The molecule has 0 aromatic carbocycles. The first-order valence-corrected chi connectivity index (χ1v) is 23.7. The molecule has 2 saturated carbocycles. The van der Waals surface area contributed by atoms with E-state index in [2.05, 4.69) is 55.2 Å². The zero-order valence-corrected chi connectivity index (χ0v) is 29.8. The van der Waals surface area contributed by atoms with Crippen molar-refractivity contribution in [2.75, 3.05) is 38.7 Å². The summed E-state index contributed by atoms with van der Waals surface area (Å²) in [5, 5.41) is 4.85. The number of hydrogen-bond donors (Lipinski definition) is 0. The predicted octanol–water partition coefficient (Wildman–Crippen LogP) is 7.30. The minimum absolute atomic E-state index is 0.275. The van der Waals surface area contributed by atoms with Crippen LogP contribution in [0.2, 0.25) is 51.4 Å². The van der Waals surface area contributed by atoms with Crippen LogP contribution >= 0.6 is 0 Å². The lowest BCUT2D eigenvalue weighted by Crippen LogP contribution is -2.33. The van der Waals surface area contributed by atoms with Crippen molar-refractivity contribution in [1.82, 2.24) is 19.6 Å². The maximum absolute atomic E-state index is 12.0. The Hall–Kier alpha value is -2.61. The minimum atomic E-state index is -1.22. The number of carbonyl (C=O) groups excluding carboxylic acids is 1. The SMILES string of the molecule is COC(=O)c1ccc(-c2cnn3c(N(COCC[Si](C)(C)C)COCC[Si](C)(C)C)cc(C4C[C@H]5CC[C@@H](C4)C5)nc23)cn1. The van der Waals surface area contributed by atoms with Gasteiger partial charge < -0.3 is 19.1 Å². The third-order valence-corrected chi connectivity index (χ3v) is 12.5. The number of hydrogen-bond acceptors (Lipinski definition) is 8. The van der Waals surface area contributed by atoms with Crippen LogP contribution in [-0.2, 0) is 14.2 Å². The summed E-state index contributed by atoms with van der Waals surface area (Å²) in [6.45, 7) is 16.6. The molecule has 2 aliphatic carbocycles. The molecular formula is C33H51N5O4Si2. The van der Waals surface area contributed by atoms with Crippen molar-refractivity contribution in [2.45, 2.75) is 89.4 Å². The summed E-state index contributed by atoms with van der Waals surface area (Å²) in [5.74, 6) is 2.51. The summed E-state index contributed by atoms with van der Waals surface area (Å²) in [4.78, 5) is 23.8. The molecule has 44 heavy (non-hydrogen) atoms. The van der Waals surface area contributed by atoms with Crippen LogP contribution in [0.5, 0.6) is 0 Å². The summed E-state index contributed by atoms with van der Waals surface area (Å²) >= 11 is 0. The zero-order valence-electron chi connectivity index (χ0n) is 27.8. The standard InChI is InChI=1S/C33H51N5O4Si2/c1-40-33(39)29-11-10-26(20-34-29)28-21-35-38-31(19-30(36-32(28)38)27-17-24-8-9-25(16-24)18-27)37(22-41-12-14-43(2,3)4)23-42-13-15-44(5,6)7/h10-11,19-21,24-25,27H,8-9,12-18,22-23H2,1-7H3/t24-,25+,27?. The number of aromatic nitrogens is 4. The van der Waals surface area contributed by atoms with E-state index < -0.39 is 22.1 Å². The van der Waals surface area contributed by atoms with Gasteiger partial charge in [0.2, 0.25) is 0 Å². The smallest absolute Gasteiger partial charge is 0.356 e. The Morgan fingerprint density at radius 3 is 2.11 bits per heavy atom. The third kappa shape index (κ3) is 8.35. The van der Waals surface area contributed by atoms with Crippen molar-refractivity contribution in [3.63, 3.8) is 0 Å². The van der Waals surface area contributed by atoms with Crippen LogP contribution < -0.4 is 4.90 Å². The van der Waals surface area contributed by atoms with E-state index in [0.29, 0.717) is 19.4 Å². The van der Waals surface area contributed by atoms with Gasteiger partial charge in [0.25, 0.3) is 0 Å². The molecule has 3 atom stereocenters. The Kier molecular flexibility index (Phi) is 10.3. The van der Waals surface area contributed by atoms with Crippen LogP contribution in [0.25, 0.3) is 16.8 Å². The van der Waals surface area contributed by atoms with Crippen molar-refractivity contribution >= 4 is 33.6 Å². The second kappa shape index (κ2) is 13.8. The van der Waals surface area contributed by atoms with Gasteiger partial charge in [-0.15, -0.1) is 0 Å². The summed E-state index contributed by atoms with van der Waals surface area (Å²) < 4.78 is 19.4. The highest BCUT2D eigenvalue weighted by Gasteiger charge is 2.36.